The van der Waals surface area contributed by atoms with Gasteiger partial charge in [0.15, 0.2) is 0 Å². The molecular weight excluding hydrogens is 395 g/mol. The van der Waals surface area contributed by atoms with Crippen LogP contribution in [0.1, 0.15) is 21.9 Å². The van der Waals surface area contributed by atoms with Gasteiger partial charge in [0, 0.05) is 35.3 Å². The van der Waals surface area contributed by atoms with Gasteiger partial charge in [0.25, 0.3) is 0 Å². The van der Waals surface area contributed by atoms with Gasteiger partial charge in [-0.05, 0) is 40.2 Å². The number of rotatable bonds is 3. The molecule has 3 nitrogen and oxygen atoms in total. The predicted molar refractivity (Wildman–Crippen MR) is 116 cm³/mol. The number of halogens is 1. The summed E-state index contributed by atoms with van der Waals surface area (Å²) in [6, 6.07) is 12.5. The van der Waals surface area contributed by atoms with Crippen LogP contribution < -0.4 is 5.30 Å². The summed E-state index contributed by atoms with van der Waals surface area (Å²) >= 11 is 7.87. The second-order valence-corrected chi connectivity index (χ2v) is 8.93. The van der Waals surface area contributed by atoms with E-state index in [1.54, 1.807) is 11.3 Å². The number of pyridine rings is 1. The topological polar surface area (TPSA) is 33.2 Å². The Morgan fingerprint density at radius 1 is 1.30 bits per heavy atom. The first-order valence-corrected chi connectivity index (χ1v) is 10.3. The molecule has 3 heterocycles. The molecule has 6 heteroatoms. The summed E-state index contributed by atoms with van der Waals surface area (Å²) in [6.07, 6.45) is 5.08. The molecule has 1 aliphatic rings. The van der Waals surface area contributed by atoms with Crippen LogP contribution in [-0.4, -0.2) is 22.3 Å². The second-order valence-electron chi connectivity index (χ2n) is 6.50. The molecule has 4 rings (SSSR count). The quantitative estimate of drug-likeness (QED) is 0.464. The van der Waals surface area contributed by atoms with E-state index in [9.17, 15) is 4.79 Å². The lowest BCUT2D eigenvalue weighted by Gasteiger charge is -2.33. The number of amides is 1. The van der Waals surface area contributed by atoms with Crippen molar-refractivity contribution in [1.82, 2.24) is 9.88 Å². The van der Waals surface area contributed by atoms with Gasteiger partial charge in [-0.2, -0.15) is 0 Å². The van der Waals surface area contributed by atoms with Crippen LogP contribution in [0.2, 0.25) is 4.34 Å². The first kappa shape index (κ1) is 18.4. The number of hydrogen-bond donors (Lipinski definition) is 0. The van der Waals surface area contributed by atoms with E-state index in [2.05, 4.69) is 39.0 Å². The molecule has 0 saturated carbocycles. The van der Waals surface area contributed by atoms with Crippen LogP contribution in [0.25, 0.3) is 11.1 Å². The van der Waals surface area contributed by atoms with Crippen LogP contribution in [0.5, 0.6) is 0 Å². The van der Waals surface area contributed by atoms with E-state index in [1.807, 2.05) is 35.5 Å². The Labute approximate surface area is 169 Å². The average molecular weight is 413 g/mol. The number of benzene rings is 1. The number of hydrogen-bond acceptors (Lipinski definition) is 3. The van der Waals surface area contributed by atoms with Gasteiger partial charge in [-0.1, -0.05) is 42.4 Å². The SMILES string of the molecule is C=CC(=O)N1Cc2sc(Cl)cc2[C@@H](c2ccccc2-c2cncc(P)c2)C1. The minimum atomic E-state index is -0.0544. The predicted octanol–water partition coefficient (Wildman–Crippen LogP) is 4.62. The van der Waals surface area contributed by atoms with Crippen molar-refractivity contribution < 1.29 is 4.79 Å². The van der Waals surface area contributed by atoms with Gasteiger partial charge in [0.1, 0.15) is 0 Å². The molecular formula is C21H18ClN2OPS. The summed E-state index contributed by atoms with van der Waals surface area (Å²) in [6.45, 7) is 4.83. The van der Waals surface area contributed by atoms with Crippen molar-refractivity contribution >= 4 is 43.4 Å². The van der Waals surface area contributed by atoms with Crippen molar-refractivity contribution in [2.45, 2.75) is 12.5 Å². The third-order valence-corrected chi connectivity index (χ3v) is 6.40. The first-order valence-electron chi connectivity index (χ1n) is 8.56. The molecule has 0 radical (unpaired) electrons. The lowest BCUT2D eigenvalue weighted by Crippen LogP contribution is -2.37. The first-order chi connectivity index (χ1) is 13.1. The molecule has 0 bridgehead atoms. The van der Waals surface area contributed by atoms with Crippen molar-refractivity contribution in [2.24, 2.45) is 0 Å². The molecule has 27 heavy (non-hydrogen) atoms. The summed E-state index contributed by atoms with van der Waals surface area (Å²) < 4.78 is 0.754. The molecule has 0 spiro atoms. The van der Waals surface area contributed by atoms with Gasteiger partial charge in [-0.25, -0.2) is 0 Å². The number of fused-ring (bicyclic) bond motifs is 1. The fourth-order valence-electron chi connectivity index (χ4n) is 3.62. The Hall–Kier alpha value is -2.00. The number of nitrogens with zero attached hydrogens (tertiary/aromatic N) is 2. The van der Waals surface area contributed by atoms with Gasteiger partial charge in [-0.15, -0.1) is 20.6 Å². The number of aromatic nitrogens is 1. The summed E-state index contributed by atoms with van der Waals surface area (Å²) in [5.74, 6) is 0.00652. The van der Waals surface area contributed by atoms with Gasteiger partial charge < -0.3 is 4.90 Å². The summed E-state index contributed by atoms with van der Waals surface area (Å²) in [7, 11) is 2.69. The number of carbonyl (C=O) groups excluding carboxylic acids is 1. The van der Waals surface area contributed by atoms with Crippen LogP contribution in [-0.2, 0) is 11.3 Å². The zero-order valence-corrected chi connectivity index (χ0v) is 17.3. The molecule has 136 valence electrons. The molecule has 2 atom stereocenters. The molecule has 0 saturated heterocycles. The van der Waals surface area contributed by atoms with Gasteiger partial charge >= 0.3 is 0 Å². The van der Waals surface area contributed by atoms with Crippen molar-refractivity contribution in [2.75, 3.05) is 6.54 Å². The highest BCUT2D eigenvalue weighted by molar-refractivity contribution is 7.27. The van der Waals surface area contributed by atoms with Crippen LogP contribution in [0.3, 0.4) is 0 Å². The maximum Gasteiger partial charge on any atom is 0.246 e. The van der Waals surface area contributed by atoms with E-state index >= 15 is 0 Å². The molecule has 0 aliphatic carbocycles. The maximum absolute atomic E-state index is 12.3. The van der Waals surface area contributed by atoms with Crippen molar-refractivity contribution in [1.29, 1.82) is 0 Å². The zero-order valence-electron chi connectivity index (χ0n) is 14.6. The van der Waals surface area contributed by atoms with Crippen molar-refractivity contribution in [3.05, 3.63) is 81.8 Å². The largest absolute Gasteiger partial charge is 0.333 e. The molecule has 2 aromatic heterocycles. The summed E-state index contributed by atoms with van der Waals surface area (Å²) in [5, 5.41) is 1.04. The Kier molecular flexibility index (Phi) is 5.14. The standard InChI is InChI=1S/C21H18ClN2OPS/c1-2-21(25)24-11-18(17-8-20(22)27-19(17)12-24)16-6-4-3-5-15(16)13-7-14(26)10-23-9-13/h2-10,18H,1,11-12,26H2/t18-/m1/s1. The van der Waals surface area contributed by atoms with Crippen LogP contribution in [0.4, 0.5) is 0 Å². The van der Waals surface area contributed by atoms with Crippen LogP contribution >= 0.6 is 32.2 Å². The fraction of sp³-hybridized carbons (Fsp3) is 0.143. The van der Waals surface area contributed by atoms with E-state index in [1.165, 1.54) is 17.2 Å². The van der Waals surface area contributed by atoms with E-state index < -0.39 is 0 Å². The van der Waals surface area contributed by atoms with Gasteiger partial charge in [-0.3, -0.25) is 9.78 Å². The maximum atomic E-state index is 12.3. The molecule has 1 aromatic carbocycles. The third-order valence-electron chi connectivity index (χ3n) is 4.82. The molecule has 0 N–H and O–H groups in total. The molecule has 1 unspecified atom stereocenters. The Bertz CT molecular complexity index is 1030. The van der Waals surface area contributed by atoms with Gasteiger partial charge in [0.05, 0.1) is 10.9 Å². The highest BCUT2D eigenvalue weighted by Gasteiger charge is 2.31. The minimum Gasteiger partial charge on any atom is -0.333 e. The van der Waals surface area contributed by atoms with Crippen molar-refractivity contribution in [3.63, 3.8) is 0 Å². The van der Waals surface area contributed by atoms with Gasteiger partial charge in [0.2, 0.25) is 5.91 Å². The monoisotopic (exact) mass is 412 g/mol. The Balaban J connectivity index is 1.85. The Morgan fingerprint density at radius 3 is 2.89 bits per heavy atom. The Morgan fingerprint density at radius 2 is 2.11 bits per heavy atom. The number of carbonyl (C=O) groups is 1. The van der Waals surface area contributed by atoms with Crippen molar-refractivity contribution in [3.8, 4) is 11.1 Å². The molecule has 1 amide bonds. The van der Waals surface area contributed by atoms with E-state index in [0.717, 1.165) is 25.6 Å². The zero-order chi connectivity index (χ0) is 19.0. The molecule has 1 aliphatic heterocycles. The smallest absolute Gasteiger partial charge is 0.246 e. The van der Waals surface area contributed by atoms with E-state index in [0.29, 0.717) is 13.1 Å². The second kappa shape index (κ2) is 7.55. The lowest BCUT2D eigenvalue weighted by molar-refractivity contribution is -0.127. The molecule has 0 fully saturated rings. The van der Waals surface area contributed by atoms with Crippen LogP contribution in [0, 0.1) is 0 Å². The highest BCUT2D eigenvalue weighted by atomic mass is 35.5. The average Bonchev–Trinajstić information content (AvgIpc) is 3.06. The summed E-state index contributed by atoms with van der Waals surface area (Å²) in [4.78, 5) is 19.6. The van der Waals surface area contributed by atoms with Crippen LogP contribution in [0.15, 0.2) is 61.4 Å². The summed E-state index contributed by atoms with van der Waals surface area (Å²) in [5.41, 5.74) is 4.57. The third kappa shape index (κ3) is 3.58. The molecule has 3 aromatic rings. The van der Waals surface area contributed by atoms with E-state index in [-0.39, 0.29) is 11.8 Å². The fourth-order valence-corrected chi connectivity index (χ4v) is 5.24. The number of thiophene rings is 1. The lowest BCUT2D eigenvalue weighted by atomic mass is 9.84. The normalized spacial score (nSPS) is 16.1. The minimum absolute atomic E-state index is 0.0544. The van der Waals surface area contributed by atoms with E-state index in [4.69, 9.17) is 11.6 Å². The highest BCUT2D eigenvalue weighted by Crippen LogP contribution is 2.42.